The van der Waals surface area contributed by atoms with Crippen LogP contribution in [0.1, 0.15) is 22.1 Å². The molecule has 0 radical (unpaired) electrons. The third-order valence-electron chi connectivity index (χ3n) is 3.34. The fourth-order valence-corrected chi connectivity index (χ4v) is 3.12. The molecule has 3 aromatic rings. The molecule has 2 aromatic heterocycles. The molecule has 0 bridgehead atoms. The summed E-state index contributed by atoms with van der Waals surface area (Å²) in [4.78, 5) is 17.1. The van der Waals surface area contributed by atoms with Crippen molar-refractivity contribution in [3.63, 3.8) is 0 Å². The lowest BCUT2D eigenvalue weighted by Gasteiger charge is -2.15. The van der Waals surface area contributed by atoms with Gasteiger partial charge in [-0.25, -0.2) is 4.98 Å². The zero-order valence-corrected chi connectivity index (χ0v) is 14.2. The van der Waals surface area contributed by atoms with Crippen LogP contribution in [0.25, 0.3) is 0 Å². The van der Waals surface area contributed by atoms with Gasteiger partial charge in [0.25, 0.3) is 0 Å². The monoisotopic (exact) mass is 339 g/mol. The van der Waals surface area contributed by atoms with Crippen molar-refractivity contribution in [2.75, 3.05) is 5.32 Å². The van der Waals surface area contributed by atoms with E-state index in [-0.39, 0.29) is 5.91 Å². The topological polar surface area (TPSA) is 68.0 Å². The maximum atomic E-state index is 12.8. The second-order valence-corrected chi connectivity index (χ2v) is 6.52. The lowest BCUT2D eigenvalue weighted by molar-refractivity contribution is -0.115. The number of pyridine rings is 1. The highest BCUT2D eigenvalue weighted by atomic mass is 32.2. The minimum Gasteiger partial charge on any atom is -0.360 e. The van der Waals surface area contributed by atoms with Gasteiger partial charge in [0.1, 0.15) is 11.0 Å². The van der Waals surface area contributed by atoms with Crippen LogP contribution in [-0.2, 0) is 4.79 Å². The summed E-state index contributed by atoms with van der Waals surface area (Å²) < 4.78 is 5.00. The minimum absolute atomic E-state index is 0.165. The third kappa shape index (κ3) is 4.02. The van der Waals surface area contributed by atoms with Crippen LogP contribution in [0.4, 0.5) is 5.82 Å². The van der Waals surface area contributed by atoms with Crippen LogP contribution in [0.15, 0.2) is 64.3 Å². The van der Waals surface area contributed by atoms with Gasteiger partial charge in [0.05, 0.1) is 5.03 Å². The van der Waals surface area contributed by atoms with E-state index in [1.165, 1.54) is 11.8 Å². The number of nitrogens with one attached hydrogen (secondary N) is 1. The molecule has 3 rings (SSSR count). The van der Waals surface area contributed by atoms with Crippen molar-refractivity contribution in [3.05, 3.63) is 71.6 Å². The van der Waals surface area contributed by atoms with Gasteiger partial charge >= 0.3 is 0 Å². The molecule has 0 saturated carbocycles. The molecule has 0 aliphatic heterocycles. The summed E-state index contributed by atoms with van der Waals surface area (Å²) in [5.41, 5.74) is 1.99. The van der Waals surface area contributed by atoms with Gasteiger partial charge in [-0.15, -0.1) is 0 Å². The first kappa shape index (κ1) is 16.3. The van der Waals surface area contributed by atoms with Crippen LogP contribution in [0.5, 0.6) is 0 Å². The Morgan fingerprint density at radius 3 is 2.58 bits per heavy atom. The summed E-state index contributed by atoms with van der Waals surface area (Å²) in [6.07, 6.45) is 1.79. The Kier molecular flexibility index (Phi) is 4.96. The molecule has 24 heavy (non-hydrogen) atoms. The molecule has 1 aromatic carbocycles. The third-order valence-corrected chi connectivity index (χ3v) is 4.55. The quantitative estimate of drug-likeness (QED) is 0.707. The number of carbonyl (C=O) groups excluding carboxylic acids is 1. The number of anilines is 1. The molecule has 1 atom stereocenters. The second kappa shape index (κ2) is 7.31. The highest BCUT2D eigenvalue weighted by Gasteiger charge is 2.23. The lowest BCUT2D eigenvalue weighted by Crippen LogP contribution is -2.19. The van der Waals surface area contributed by atoms with Crippen molar-refractivity contribution in [2.24, 2.45) is 0 Å². The number of benzene rings is 1. The Hall–Kier alpha value is -2.60. The van der Waals surface area contributed by atoms with Gasteiger partial charge in [-0.05, 0) is 31.0 Å². The van der Waals surface area contributed by atoms with Gasteiger partial charge in [0.15, 0.2) is 5.82 Å². The number of carbonyl (C=O) groups is 1. The highest BCUT2D eigenvalue weighted by molar-refractivity contribution is 8.00. The molecule has 1 N–H and O–H groups in total. The summed E-state index contributed by atoms with van der Waals surface area (Å²) >= 11 is 1.40. The number of hydrogen-bond donors (Lipinski definition) is 1. The first-order valence-corrected chi connectivity index (χ1v) is 8.38. The molecular weight excluding hydrogens is 322 g/mol. The Bertz CT molecular complexity index is 816. The lowest BCUT2D eigenvalue weighted by atomic mass is 10.1. The largest absolute Gasteiger partial charge is 0.360 e. The molecule has 0 fully saturated rings. The Morgan fingerprint density at radius 1 is 1.17 bits per heavy atom. The van der Waals surface area contributed by atoms with E-state index in [0.29, 0.717) is 11.6 Å². The Morgan fingerprint density at radius 2 is 1.96 bits per heavy atom. The normalized spacial score (nSPS) is 11.9. The van der Waals surface area contributed by atoms with Crippen LogP contribution in [0.2, 0.25) is 0 Å². The molecule has 0 saturated heterocycles. The van der Waals surface area contributed by atoms with Crippen molar-refractivity contribution in [1.29, 1.82) is 0 Å². The zero-order chi connectivity index (χ0) is 16.9. The Labute approximate surface area is 144 Å². The molecule has 6 heteroatoms. The first-order chi connectivity index (χ1) is 11.6. The van der Waals surface area contributed by atoms with Crippen LogP contribution >= 0.6 is 11.8 Å². The molecule has 0 spiro atoms. The maximum absolute atomic E-state index is 12.8. The van der Waals surface area contributed by atoms with Crippen LogP contribution in [-0.4, -0.2) is 16.0 Å². The van der Waals surface area contributed by atoms with Crippen LogP contribution in [0.3, 0.4) is 0 Å². The standard InChI is InChI=1S/C18H17N3O2S/c1-12-8-9-16(19-11-12)24-17(14-6-4-3-5-7-14)18(22)20-15-10-13(2)23-21-15/h3-11,17H,1-2H3,(H,20,21,22). The smallest absolute Gasteiger partial charge is 0.243 e. The van der Waals surface area contributed by atoms with Crippen molar-refractivity contribution in [1.82, 2.24) is 10.1 Å². The number of amides is 1. The van der Waals surface area contributed by atoms with Gasteiger partial charge in [-0.1, -0.05) is 53.3 Å². The predicted octanol–water partition coefficient (Wildman–Crippen LogP) is 4.16. The summed E-state index contributed by atoms with van der Waals surface area (Å²) in [5.74, 6) is 0.896. The van der Waals surface area contributed by atoms with Crippen molar-refractivity contribution >= 4 is 23.5 Å². The van der Waals surface area contributed by atoms with E-state index in [9.17, 15) is 4.79 Å². The van der Waals surface area contributed by atoms with E-state index in [1.54, 1.807) is 19.2 Å². The van der Waals surface area contributed by atoms with Gasteiger partial charge in [0.2, 0.25) is 5.91 Å². The zero-order valence-electron chi connectivity index (χ0n) is 13.4. The fourth-order valence-electron chi connectivity index (χ4n) is 2.16. The number of nitrogens with zero attached hydrogens (tertiary/aromatic N) is 2. The van der Waals surface area contributed by atoms with Crippen molar-refractivity contribution in [2.45, 2.75) is 24.1 Å². The molecule has 0 aliphatic carbocycles. The average Bonchev–Trinajstić information content (AvgIpc) is 3.00. The predicted molar refractivity (Wildman–Crippen MR) is 93.9 cm³/mol. The maximum Gasteiger partial charge on any atom is 0.243 e. The summed E-state index contributed by atoms with van der Waals surface area (Å²) in [5, 5.41) is 6.98. The van der Waals surface area contributed by atoms with Gasteiger partial charge in [-0.3, -0.25) is 4.79 Å². The molecule has 5 nitrogen and oxygen atoms in total. The number of rotatable bonds is 5. The number of hydrogen-bond acceptors (Lipinski definition) is 5. The van der Waals surface area contributed by atoms with Crippen LogP contribution < -0.4 is 5.32 Å². The second-order valence-electron chi connectivity index (χ2n) is 5.39. The fraction of sp³-hybridized carbons (Fsp3) is 0.167. The first-order valence-electron chi connectivity index (χ1n) is 7.50. The Balaban J connectivity index is 1.84. The van der Waals surface area contributed by atoms with E-state index < -0.39 is 5.25 Å². The average molecular weight is 339 g/mol. The number of aromatic nitrogens is 2. The van der Waals surface area contributed by atoms with Gasteiger partial charge in [-0.2, -0.15) is 0 Å². The van der Waals surface area contributed by atoms with Crippen molar-refractivity contribution < 1.29 is 9.32 Å². The summed E-state index contributed by atoms with van der Waals surface area (Å²) in [7, 11) is 0. The van der Waals surface area contributed by atoms with E-state index in [4.69, 9.17) is 4.52 Å². The van der Waals surface area contributed by atoms with E-state index in [2.05, 4.69) is 15.5 Å². The summed E-state index contributed by atoms with van der Waals surface area (Å²) in [6, 6.07) is 15.2. The number of thioether (sulfide) groups is 1. The van der Waals surface area contributed by atoms with E-state index in [0.717, 1.165) is 16.2 Å². The summed E-state index contributed by atoms with van der Waals surface area (Å²) in [6.45, 7) is 3.76. The van der Waals surface area contributed by atoms with Gasteiger partial charge < -0.3 is 9.84 Å². The molecule has 1 unspecified atom stereocenters. The van der Waals surface area contributed by atoms with E-state index in [1.807, 2.05) is 49.4 Å². The van der Waals surface area contributed by atoms with Gasteiger partial charge in [0, 0.05) is 12.3 Å². The van der Waals surface area contributed by atoms with Crippen LogP contribution in [0, 0.1) is 13.8 Å². The van der Waals surface area contributed by atoms with E-state index >= 15 is 0 Å². The molecule has 1 amide bonds. The highest BCUT2D eigenvalue weighted by Crippen LogP contribution is 2.35. The SMILES string of the molecule is Cc1ccc(SC(C(=O)Nc2cc(C)on2)c2ccccc2)nc1. The molecule has 2 heterocycles. The number of aryl methyl sites for hydroxylation is 2. The molecular formula is C18H17N3O2S. The molecule has 122 valence electrons. The minimum atomic E-state index is -0.432. The molecule has 0 aliphatic rings. The van der Waals surface area contributed by atoms with Crippen molar-refractivity contribution in [3.8, 4) is 0 Å².